The van der Waals surface area contributed by atoms with Crippen LogP contribution in [0, 0.1) is 5.92 Å². The predicted octanol–water partition coefficient (Wildman–Crippen LogP) is 1.34. The molecule has 0 aromatic rings. The summed E-state index contributed by atoms with van der Waals surface area (Å²) in [7, 11) is 0. The zero-order valence-corrected chi connectivity index (χ0v) is 12.0. The van der Waals surface area contributed by atoms with Crippen molar-refractivity contribution in [3.05, 3.63) is 0 Å². The van der Waals surface area contributed by atoms with Gasteiger partial charge in [-0.2, -0.15) is 0 Å². The Bertz CT molecular complexity index is 332. The summed E-state index contributed by atoms with van der Waals surface area (Å²) < 4.78 is 5.21. The van der Waals surface area contributed by atoms with Crippen LogP contribution in [0.25, 0.3) is 0 Å². The first kappa shape index (κ1) is 17.4. The SMILES string of the molecule is CC(CCNC(=O)CCC(=O)O)C(=O)OC(C)(C)C. The Labute approximate surface area is 113 Å². The summed E-state index contributed by atoms with van der Waals surface area (Å²) in [5.41, 5.74) is -0.518. The molecular weight excluding hydrogens is 250 g/mol. The van der Waals surface area contributed by atoms with Crippen molar-refractivity contribution < 1.29 is 24.2 Å². The fourth-order valence-corrected chi connectivity index (χ4v) is 1.26. The lowest BCUT2D eigenvalue weighted by molar-refractivity contribution is -0.159. The van der Waals surface area contributed by atoms with Crippen LogP contribution < -0.4 is 5.32 Å². The van der Waals surface area contributed by atoms with Crippen molar-refractivity contribution in [1.82, 2.24) is 5.32 Å². The minimum Gasteiger partial charge on any atom is -0.481 e. The molecule has 0 aliphatic heterocycles. The van der Waals surface area contributed by atoms with Crippen LogP contribution in [-0.2, 0) is 19.1 Å². The number of esters is 1. The molecule has 1 atom stereocenters. The number of carbonyl (C=O) groups excluding carboxylic acids is 2. The molecule has 0 rings (SSSR count). The number of hydrogen-bond donors (Lipinski definition) is 2. The van der Waals surface area contributed by atoms with Crippen molar-refractivity contribution in [2.24, 2.45) is 5.92 Å². The lowest BCUT2D eigenvalue weighted by Crippen LogP contribution is -2.31. The summed E-state index contributed by atoms with van der Waals surface area (Å²) in [4.78, 5) is 33.1. The molecule has 6 nitrogen and oxygen atoms in total. The van der Waals surface area contributed by atoms with Gasteiger partial charge in [0.2, 0.25) is 5.91 Å². The van der Waals surface area contributed by atoms with Crippen LogP contribution in [0.4, 0.5) is 0 Å². The molecule has 0 spiro atoms. The number of rotatable bonds is 7. The van der Waals surface area contributed by atoms with E-state index in [2.05, 4.69) is 5.32 Å². The zero-order valence-electron chi connectivity index (χ0n) is 12.0. The smallest absolute Gasteiger partial charge is 0.309 e. The molecular formula is C13H23NO5. The van der Waals surface area contributed by atoms with Gasteiger partial charge in [-0.15, -0.1) is 0 Å². The van der Waals surface area contributed by atoms with Crippen LogP contribution >= 0.6 is 0 Å². The van der Waals surface area contributed by atoms with Crippen LogP contribution in [0.1, 0.15) is 47.0 Å². The quantitative estimate of drug-likeness (QED) is 0.683. The first-order valence-electron chi connectivity index (χ1n) is 6.33. The van der Waals surface area contributed by atoms with E-state index in [4.69, 9.17) is 9.84 Å². The van der Waals surface area contributed by atoms with Crippen LogP contribution in [0.15, 0.2) is 0 Å². The number of nitrogens with one attached hydrogen (secondary N) is 1. The summed E-state index contributed by atoms with van der Waals surface area (Å²) in [6, 6.07) is 0. The fourth-order valence-electron chi connectivity index (χ4n) is 1.26. The minimum atomic E-state index is -1.00. The average molecular weight is 273 g/mol. The van der Waals surface area contributed by atoms with Gasteiger partial charge in [-0.1, -0.05) is 6.92 Å². The molecule has 0 fully saturated rings. The number of amides is 1. The van der Waals surface area contributed by atoms with Gasteiger partial charge in [0.15, 0.2) is 0 Å². The van der Waals surface area contributed by atoms with Crippen LogP contribution in [0.2, 0.25) is 0 Å². The van der Waals surface area contributed by atoms with Gasteiger partial charge in [0.1, 0.15) is 5.60 Å². The van der Waals surface area contributed by atoms with Crippen molar-refractivity contribution in [3.63, 3.8) is 0 Å². The number of ether oxygens (including phenoxy) is 1. The highest BCUT2D eigenvalue weighted by molar-refractivity contribution is 5.80. The van der Waals surface area contributed by atoms with Crippen molar-refractivity contribution in [2.45, 2.75) is 52.6 Å². The molecule has 1 amide bonds. The summed E-state index contributed by atoms with van der Waals surface area (Å²) in [5.74, 6) is -1.93. The highest BCUT2D eigenvalue weighted by atomic mass is 16.6. The number of carbonyl (C=O) groups is 3. The molecule has 0 heterocycles. The fraction of sp³-hybridized carbons (Fsp3) is 0.769. The molecule has 6 heteroatoms. The maximum absolute atomic E-state index is 11.6. The van der Waals surface area contributed by atoms with Gasteiger partial charge in [0, 0.05) is 13.0 Å². The third-order valence-electron chi connectivity index (χ3n) is 2.27. The summed E-state index contributed by atoms with van der Waals surface area (Å²) >= 11 is 0. The van der Waals surface area contributed by atoms with Crippen molar-refractivity contribution >= 4 is 17.8 Å². The Morgan fingerprint density at radius 1 is 1.21 bits per heavy atom. The second kappa shape index (κ2) is 7.76. The molecule has 110 valence electrons. The molecule has 0 saturated heterocycles. The monoisotopic (exact) mass is 273 g/mol. The molecule has 0 aromatic carbocycles. The third-order valence-corrected chi connectivity index (χ3v) is 2.27. The normalized spacial score (nSPS) is 12.6. The minimum absolute atomic E-state index is 0.0455. The summed E-state index contributed by atoms with van der Waals surface area (Å²) in [5, 5.41) is 11.0. The highest BCUT2D eigenvalue weighted by Crippen LogP contribution is 2.12. The average Bonchev–Trinajstić information content (AvgIpc) is 2.23. The van der Waals surface area contributed by atoms with E-state index in [0.717, 1.165) is 0 Å². The maximum Gasteiger partial charge on any atom is 0.309 e. The van der Waals surface area contributed by atoms with Gasteiger partial charge in [-0.05, 0) is 27.2 Å². The largest absolute Gasteiger partial charge is 0.481 e. The third kappa shape index (κ3) is 10.1. The van der Waals surface area contributed by atoms with E-state index < -0.39 is 11.6 Å². The van der Waals surface area contributed by atoms with E-state index in [0.29, 0.717) is 13.0 Å². The Morgan fingerprint density at radius 2 is 1.79 bits per heavy atom. The van der Waals surface area contributed by atoms with Crippen molar-refractivity contribution in [1.29, 1.82) is 0 Å². The molecule has 19 heavy (non-hydrogen) atoms. The highest BCUT2D eigenvalue weighted by Gasteiger charge is 2.21. The van der Waals surface area contributed by atoms with E-state index in [-0.39, 0.29) is 30.6 Å². The molecule has 1 unspecified atom stereocenters. The van der Waals surface area contributed by atoms with Gasteiger partial charge in [0.05, 0.1) is 12.3 Å². The van der Waals surface area contributed by atoms with E-state index in [1.807, 2.05) is 0 Å². The topological polar surface area (TPSA) is 92.7 Å². The van der Waals surface area contributed by atoms with E-state index in [9.17, 15) is 14.4 Å². The van der Waals surface area contributed by atoms with E-state index >= 15 is 0 Å². The molecule has 0 aliphatic carbocycles. The molecule has 0 saturated carbocycles. The Kier molecular flexibility index (Phi) is 7.11. The molecule has 2 N–H and O–H groups in total. The van der Waals surface area contributed by atoms with Gasteiger partial charge in [0.25, 0.3) is 0 Å². The van der Waals surface area contributed by atoms with Gasteiger partial charge in [-0.25, -0.2) is 0 Å². The van der Waals surface area contributed by atoms with E-state index in [1.165, 1.54) is 0 Å². The van der Waals surface area contributed by atoms with Crippen molar-refractivity contribution in [2.75, 3.05) is 6.54 Å². The number of hydrogen-bond acceptors (Lipinski definition) is 4. The summed E-state index contributed by atoms with van der Waals surface area (Å²) in [6.07, 6.45) is 0.233. The molecule has 0 bridgehead atoms. The van der Waals surface area contributed by atoms with E-state index in [1.54, 1.807) is 27.7 Å². The predicted molar refractivity (Wildman–Crippen MR) is 69.5 cm³/mol. The Hall–Kier alpha value is -1.59. The van der Waals surface area contributed by atoms with Crippen molar-refractivity contribution in [3.8, 4) is 0 Å². The lowest BCUT2D eigenvalue weighted by Gasteiger charge is -2.22. The van der Waals surface area contributed by atoms with Crippen LogP contribution in [-0.4, -0.2) is 35.1 Å². The molecule has 0 aromatic heterocycles. The number of aliphatic carboxylic acids is 1. The summed E-state index contributed by atoms with van der Waals surface area (Å²) in [6.45, 7) is 7.46. The first-order valence-corrected chi connectivity index (χ1v) is 6.33. The first-order chi connectivity index (χ1) is 8.61. The zero-order chi connectivity index (χ0) is 15.1. The second-order valence-electron chi connectivity index (χ2n) is 5.47. The van der Waals surface area contributed by atoms with Gasteiger partial charge in [-0.3, -0.25) is 14.4 Å². The Morgan fingerprint density at radius 3 is 2.26 bits per heavy atom. The molecule has 0 radical (unpaired) electrons. The standard InChI is InChI=1S/C13H23NO5/c1-9(12(18)19-13(2,3)4)7-8-14-10(15)5-6-11(16)17/h9H,5-8H2,1-4H3,(H,14,15)(H,16,17). The second-order valence-corrected chi connectivity index (χ2v) is 5.47. The number of carboxylic acids is 1. The maximum atomic E-state index is 11.6. The number of carboxylic acid groups (broad SMARTS) is 1. The Balaban J connectivity index is 3.85. The van der Waals surface area contributed by atoms with Crippen LogP contribution in [0.3, 0.4) is 0 Å². The molecule has 0 aliphatic rings. The van der Waals surface area contributed by atoms with Gasteiger partial charge < -0.3 is 15.2 Å². The van der Waals surface area contributed by atoms with Gasteiger partial charge >= 0.3 is 11.9 Å². The lowest BCUT2D eigenvalue weighted by atomic mass is 10.1. The van der Waals surface area contributed by atoms with Crippen LogP contribution in [0.5, 0.6) is 0 Å².